The summed E-state index contributed by atoms with van der Waals surface area (Å²) in [6.07, 6.45) is 0. The predicted octanol–water partition coefficient (Wildman–Crippen LogP) is 3.67. The molecule has 20 heavy (non-hydrogen) atoms. The van der Waals surface area contributed by atoms with Gasteiger partial charge in [-0.3, -0.25) is 0 Å². The van der Waals surface area contributed by atoms with Gasteiger partial charge >= 0.3 is 5.97 Å². The Hall–Kier alpha value is -2.75. The van der Waals surface area contributed by atoms with E-state index in [1.54, 1.807) is 49.4 Å². The van der Waals surface area contributed by atoms with Crippen LogP contribution in [0.4, 0.5) is 0 Å². The summed E-state index contributed by atoms with van der Waals surface area (Å²) in [5.41, 5.74) is 0.294. The molecule has 2 aromatic carbocycles. The molecule has 2 rings (SSSR count). The molecule has 0 aromatic heterocycles. The fraction of sp³-hybridized carbons (Fsp3) is 0.0625. The molecule has 0 aliphatic carbocycles. The maximum Gasteiger partial charge on any atom is 0.338 e. The van der Waals surface area contributed by atoms with Crippen LogP contribution < -0.4 is 9.47 Å². The minimum atomic E-state index is -0.529. The van der Waals surface area contributed by atoms with E-state index >= 15 is 0 Å². The van der Waals surface area contributed by atoms with Crippen molar-refractivity contribution in [3.63, 3.8) is 0 Å². The summed E-state index contributed by atoms with van der Waals surface area (Å²) in [5, 5.41) is 9.69. The maximum absolute atomic E-state index is 11.6. The monoisotopic (exact) mass is 270 g/mol. The number of ether oxygens (including phenoxy) is 2. The number of benzene rings is 2. The van der Waals surface area contributed by atoms with Gasteiger partial charge in [0, 0.05) is 5.57 Å². The van der Waals surface area contributed by atoms with Crippen LogP contribution in [0.5, 0.6) is 23.0 Å². The number of esters is 1. The predicted molar refractivity (Wildman–Crippen MR) is 75.1 cm³/mol. The molecule has 0 radical (unpaired) electrons. The van der Waals surface area contributed by atoms with Crippen molar-refractivity contribution in [2.45, 2.75) is 6.92 Å². The Kier molecular flexibility index (Phi) is 4.05. The average molecular weight is 270 g/mol. The van der Waals surface area contributed by atoms with Crippen LogP contribution in [0.2, 0.25) is 0 Å². The molecule has 0 heterocycles. The fourth-order valence-corrected chi connectivity index (χ4v) is 1.47. The lowest BCUT2D eigenvalue weighted by atomic mass is 10.3. The lowest BCUT2D eigenvalue weighted by molar-refractivity contribution is -0.130. The summed E-state index contributed by atoms with van der Waals surface area (Å²) in [5.74, 6) is 0.366. The Morgan fingerprint density at radius 3 is 2.15 bits per heavy atom. The summed E-state index contributed by atoms with van der Waals surface area (Å²) >= 11 is 0. The molecule has 0 fully saturated rings. The molecule has 0 saturated carbocycles. The second-order valence-corrected chi connectivity index (χ2v) is 4.19. The average Bonchev–Trinajstić information content (AvgIpc) is 2.43. The Balaban J connectivity index is 2.27. The van der Waals surface area contributed by atoms with Gasteiger partial charge < -0.3 is 14.6 Å². The zero-order valence-corrected chi connectivity index (χ0v) is 11.0. The molecule has 0 amide bonds. The van der Waals surface area contributed by atoms with E-state index < -0.39 is 5.97 Å². The molecule has 0 saturated heterocycles. The minimum absolute atomic E-state index is 0.00790. The van der Waals surface area contributed by atoms with Gasteiger partial charge in [-0.1, -0.05) is 30.8 Å². The molecule has 0 aliphatic rings. The van der Waals surface area contributed by atoms with E-state index in [1.807, 2.05) is 0 Å². The van der Waals surface area contributed by atoms with Gasteiger partial charge in [0.1, 0.15) is 0 Å². The van der Waals surface area contributed by atoms with Crippen molar-refractivity contribution in [3.05, 3.63) is 60.7 Å². The van der Waals surface area contributed by atoms with Crippen LogP contribution in [-0.2, 0) is 4.79 Å². The summed E-state index contributed by atoms with van der Waals surface area (Å²) in [7, 11) is 0. The third-order valence-electron chi connectivity index (χ3n) is 2.49. The lowest BCUT2D eigenvalue weighted by Crippen LogP contribution is -2.08. The van der Waals surface area contributed by atoms with Crippen molar-refractivity contribution in [1.82, 2.24) is 0 Å². The molecule has 1 N–H and O–H groups in total. The van der Waals surface area contributed by atoms with Crippen molar-refractivity contribution in [2.75, 3.05) is 0 Å². The number of aromatic hydroxyl groups is 1. The SMILES string of the molecule is C=C(C)C(=O)Oc1ccccc1Oc1ccccc1O. The van der Waals surface area contributed by atoms with Crippen molar-refractivity contribution in [3.8, 4) is 23.0 Å². The first-order valence-corrected chi connectivity index (χ1v) is 6.00. The maximum atomic E-state index is 11.6. The Labute approximate surface area is 116 Å². The van der Waals surface area contributed by atoms with E-state index in [4.69, 9.17) is 9.47 Å². The van der Waals surface area contributed by atoms with E-state index in [9.17, 15) is 9.90 Å². The normalized spacial score (nSPS) is 9.85. The standard InChI is InChI=1S/C16H14O4/c1-11(2)16(18)20-15-10-6-5-9-14(15)19-13-8-4-3-7-12(13)17/h3-10,17H,1H2,2H3. The molecule has 0 spiro atoms. The highest BCUT2D eigenvalue weighted by atomic mass is 16.6. The first-order chi connectivity index (χ1) is 9.58. The molecule has 4 nitrogen and oxygen atoms in total. The molecule has 0 atom stereocenters. The number of phenolic OH excluding ortho intramolecular Hbond substituents is 1. The Bertz CT molecular complexity index is 646. The first-order valence-electron chi connectivity index (χ1n) is 6.00. The van der Waals surface area contributed by atoms with E-state index in [-0.39, 0.29) is 17.2 Å². The largest absolute Gasteiger partial charge is 0.504 e. The van der Waals surface area contributed by atoms with Crippen LogP contribution >= 0.6 is 0 Å². The van der Waals surface area contributed by atoms with E-state index in [2.05, 4.69) is 6.58 Å². The van der Waals surface area contributed by atoms with Gasteiger partial charge in [0.15, 0.2) is 23.0 Å². The smallest absolute Gasteiger partial charge is 0.338 e. The van der Waals surface area contributed by atoms with Crippen LogP contribution in [0.15, 0.2) is 60.7 Å². The summed E-state index contributed by atoms with van der Waals surface area (Å²) < 4.78 is 10.7. The second-order valence-electron chi connectivity index (χ2n) is 4.19. The van der Waals surface area contributed by atoms with Gasteiger partial charge in [0.2, 0.25) is 0 Å². The van der Waals surface area contributed by atoms with Crippen molar-refractivity contribution >= 4 is 5.97 Å². The van der Waals surface area contributed by atoms with Gasteiger partial charge in [-0.2, -0.15) is 0 Å². The zero-order chi connectivity index (χ0) is 14.5. The zero-order valence-electron chi connectivity index (χ0n) is 11.0. The van der Waals surface area contributed by atoms with Gasteiger partial charge in [-0.15, -0.1) is 0 Å². The molecule has 2 aromatic rings. The molecule has 4 heteroatoms. The number of carbonyl (C=O) groups is 1. The van der Waals surface area contributed by atoms with Crippen LogP contribution in [0, 0.1) is 0 Å². The fourth-order valence-electron chi connectivity index (χ4n) is 1.47. The quantitative estimate of drug-likeness (QED) is 0.523. The highest BCUT2D eigenvalue weighted by Gasteiger charge is 2.12. The van der Waals surface area contributed by atoms with E-state index in [0.717, 1.165) is 0 Å². The van der Waals surface area contributed by atoms with Crippen LogP contribution in [0.1, 0.15) is 6.92 Å². The highest BCUT2D eigenvalue weighted by Crippen LogP contribution is 2.35. The molecular formula is C16H14O4. The first kappa shape index (κ1) is 13.7. The lowest BCUT2D eigenvalue weighted by Gasteiger charge is -2.11. The molecule has 102 valence electrons. The van der Waals surface area contributed by atoms with Crippen molar-refractivity contribution in [2.24, 2.45) is 0 Å². The summed E-state index contributed by atoms with van der Waals surface area (Å²) in [6.45, 7) is 5.09. The molecule has 0 unspecified atom stereocenters. The molecule has 0 aliphatic heterocycles. The van der Waals surface area contributed by atoms with Crippen LogP contribution in [-0.4, -0.2) is 11.1 Å². The topological polar surface area (TPSA) is 55.8 Å². The third-order valence-corrected chi connectivity index (χ3v) is 2.49. The van der Waals surface area contributed by atoms with Crippen molar-refractivity contribution < 1.29 is 19.4 Å². The number of hydrogen-bond donors (Lipinski definition) is 1. The highest BCUT2D eigenvalue weighted by molar-refractivity contribution is 5.89. The van der Waals surface area contributed by atoms with Crippen LogP contribution in [0.3, 0.4) is 0 Å². The Morgan fingerprint density at radius 2 is 1.55 bits per heavy atom. The number of rotatable bonds is 4. The number of para-hydroxylation sites is 4. The minimum Gasteiger partial charge on any atom is -0.504 e. The third kappa shape index (κ3) is 3.17. The van der Waals surface area contributed by atoms with Crippen LogP contribution in [0.25, 0.3) is 0 Å². The van der Waals surface area contributed by atoms with Crippen molar-refractivity contribution in [1.29, 1.82) is 0 Å². The number of carbonyl (C=O) groups excluding carboxylic acids is 1. The number of hydrogen-bond acceptors (Lipinski definition) is 4. The van der Waals surface area contributed by atoms with E-state index in [1.165, 1.54) is 6.07 Å². The van der Waals surface area contributed by atoms with E-state index in [0.29, 0.717) is 11.3 Å². The summed E-state index contributed by atoms with van der Waals surface area (Å²) in [6, 6.07) is 13.3. The van der Waals surface area contributed by atoms with Gasteiger partial charge in [0.05, 0.1) is 0 Å². The van der Waals surface area contributed by atoms with Gasteiger partial charge in [-0.05, 0) is 31.2 Å². The number of phenols is 1. The summed E-state index contributed by atoms with van der Waals surface area (Å²) in [4.78, 5) is 11.6. The molecule has 0 bridgehead atoms. The van der Waals surface area contributed by atoms with Gasteiger partial charge in [-0.25, -0.2) is 4.79 Å². The molecular weight excluding hydrogens is 256 g/mol. The van der Waals surface area contributed by atoms with Gasteiger partial charge in [0.25, 0.3) is 0 Å². The second kappa shape index (κ2) is 5.93. The Morgan fingerprint density at radius 1 is 1.00 bits per heavy atom.